The summed E-state index contributed by atoms with van der Waals surface area (Å²) in [6.07, 6.45) is -4.55. The molecule has 3 aromatic rings. The molecule has 29 heavy (non-hydrogen) atoms. The molecule has 0 radical (unpaired) electrons. The van der Waals surface area contributed by atoms with E-state index in [0.29, 0.717) is 27.2 Å². The van der Waals surface area contributed by atoms with Gasteiger partial charge in [-0.1, -0.05) is 41.9 Å². The number of nitrogens with zero attached hydrogens (tertiary/aromatic N) is 1. The van der Waals surface area contributed by atoms with Crippen molar-refractivity contribution < 1.29 is 27.5 Å². The van der Waals surface area contributed by atoms with Gasteiger partial charge >= 0.3 is 12.1 Å². The Morgan fingerprint density at radius 2 is 1.76 bits per heavy atom. The molecule has 3 rings (SSSR count). The molecule has 0 fully saturated rings. The lowest BCUT2D eigenvalue weighted by molar-refractivity contribution is -0.140. The Kier molecular flexibility index (Phi) is 6.03. The lowest BCUT2D eigenvalue weighted by atomic mass is 10.0. The summed E-state index contributed by atoms with van der Waals surface area (Å²) in [6.45, 7) is -2.33. The molecule has 0 aliphatic rings. The molecule has 0 saturated heterocycles. The fraction of sp³-hybridized carbons (Fsp3) is 0.150. The lowest BCUT2D eigenvalue weighted by Gasteiger charge is -2.11. The second-order valence-electron chi connectivity index (χ2n) is 6.05. The van der Waals surface area contributed by atoms with Crippen LogP contribution in [-0.2, 0) is 9.53 Å². The van der Waals surface area contributed by atoms with Crippen LogP contribution in [0.25, 0.3) is 22.2 Å². The number of alkyl halides is 3. The average Bonchev–Trinajstić information content (AvgIpc) is 2.69. The van der Waals surface area contributed by atoms with Crippen LogP contribution in [0.2, 0.25) is 5.02 Å². The summed E-state index contributed by atoms with van der Waals surface area (Å²) in [5, 5.41) is 2.68. The van der Waals surface area contributed by atoms with E-state index in [4.69, 9.17) is 16.3 Å². The van der Waals surface area contributed by atoms with Gasteiger partial charge in [0.1, 0.15) is 6.54 Å². The van der Waals surface area contributed by atoms with E-state index in [0.717, 1.165) is 0 Å². The number of hydrogen-bond acceptors (Lipinski definition) is 4. The zero-order chi connectivity index (χ0) is 21.0. The van der Waals surface area contributed by atoms with Crippen molar-refractivity contribution in [2.24, 2.45) is 0 Å². The number of nitrogens with one attached hydrogen (secondary N) is 1. The Bertz CT molecular complexity index is 1050. The van der Waals surface area contributed by atoms with Crippen LogP contribution in [0, 0.1) is 0 Å². The summed E-state index contributed by atoms with van der Waals surface area (Å²) in [6, 6.07) is 15.2. The fourth-order valence-electron chi connectivity index (χ4n) is 2.57. The molecule has 5 nitrogen and oxygen atoms in total. The number of amides is 1. The van der Waals surface area contributed by atoms with Crippen LogP contribution in [-0.4, -0.2) is 36.2 Å². The quantitative estimate of drug-likeness (QED) is 0.619. The fourth-order valence-corrected chi connectivity index (χ4v) is 2.70. The maximum atomic E-state index is 12.5. The monoisotopic (exact) mass is 422 g/mol. The van der Waals surface area contributed by atoms with Gasteiger partial charge in [0, 0.05) is 16.0 Å². The Morgan fingerprint density at radius 3 is 2.45 bits per heavy atom. The molecule has 1 amide bonds. The first kappa shape index (κ1) is 20.6. The van der Waals surface area contributed by atoms with Crippen LogP contribution in [0.4, 0.5) is 13.2 Å². The van der Waals surface area contributed by atoms with E-state index in [1.165, 1.54) is 6.07 Å². The second kappa shape index (κ2) is 8.48. The standard InChI is InChI=1S/C20H14ClF3N2O3/c21-13-7-5-12(6-8-13)17-9-15(14-3-1-2-4-16(14)26-17)19(28)29-10-18(27)25-11-20(22,23)24/h1-9H,10-11H2,(H,25,27). The van der Waals surface area contributed by atoms with Crippen molar-refractivity contribution in [1.82, 2.24) is 10.3 Å². The number of hydrogen-bond donors (Lipinski definition) is 1. The summed E-state index contributed by atoms with van der Waals surface area (Å²) >= 11 is 5.90. The van der Waals surface area contributed by atoms with Crippen LogP contribution in [0.3, 0.4) is 0 Å². The van der Waals surface area contributed by atoms with E-state index in [1.807, 2.05) is 0 Å². The van der Waals surface area contributed by atoms with Gasteiger partial charge in [-0.3, -0.25) is 4.79 Å². The van der Waals surface area contributed by atoms with Crippen molar-refractivity contribution in [2.45, 2.75) is 6.18 Å². The molecule has 1 heterocycles. The Labute approximate surface area is 168 Å². The molecule has 0 saturated carbocycles. The molecule has 0 bridgehead atoms. The highest BCUT2D eigenvalue weighted by Gasteiger charge is 2.28. The van der Waals surface area contributed by atoms with E-state index in [-0.39, 0.29) is 5.56 Å². The molecule has 0 unspecified atom stereocenters. The normalized spacial score (nSPS) is 11.3. The summed E-state index contributed by atoms with van der Waals surface area (Å²) in [5.74, 6) is -1.90. The zero-order valence-corrected chi connectivity index (χ0v) is 15.6. The van der Waals surface area contributed by atoms with Crippen LogP contribution in [0.1, 0.15) is 10.4 Å². The maximum absolute atomic E-state index is 12.5. The molecule has 1 aromatic heterocycles. The predicted molar refractivity (Wildman–Crippen MR) is 102 cm³/mol. The highest BCUT2D eigenvalue weighted by Crippen LogP contribution is 2.26. The second-order valence-corrected chi connectivity index (χ2v) is 6.48. The summed E-state index contributed by atoms with van der Waals surface area (Å²) in [7, 11) is 0. The van der Waals surface area contributed by atoms with Gasteiger partial charge in [-0.05, 0) is 24.3 Å². The van der Waals surface area contributed by atoms with Gasteiger partial charge in [-0.25, -0.2) is 9.78 Å². The number of carbonyl (C=O) groups is 2. The van der Waals surface area contributed by atoms with Gasteiger partial charge in [0.05, 0.1) is 16.8 Å². The van der Waals surface area contributed by atoms with Crippen LogP contribution >= 0.6 is 11.6 Å². The first-order valence-electron chi connectivity index (χ1n) is 8.39. The molecule has 9 heteroatoms. The molecule has 0 aliphatic heterocycles. The Hall–Kier alpha value is -3.13. The van der Waals surface area contributed by atoms with E-state index in [2.05, 4.69) is 4.98 Å². The number of esters is 1. The Balaban J connectivity index is 1.84. The summed E-state index contributed by atoms with van der Waals surface area (Å²) in [5.41, 5.74) is 1.85. The number of pyridine rings is 1. The van der Waals surface area contributed by atoms with Gasteiger partial charge in [0.15, 0.2) is 6.61 Å². The van der Waals surface area contributed by atoms with E-state index < -0.39 is 31.2 Å². The van der Waals surface area contributed by atoms with Crippen molar-refractivity contribution in [2.75, 3.05) is 13.2 Å². The molecule has 1 N–H and O–H groups in total. The van der Waals surface area contributed by atoms with Gasteiger partial charge in [-0.2, -0.15) is 13.2 Å². The van der Waals surface area contributed by atoms with E-state index >= 15 is 0 Å². The Morgan fingerprint density at radius 1 is 1.07 bits per heavy atom. The van der Waals surface area contributed by atoms with Crippen molar-refractivity contribution >= 4 is 34.4 Å². The van der Waals surface area contributed by atoms with Crippen molar-refractivity contribution in [3.05, 3.63) is 65.2 Å². The molecule has 0 aliphatic carbocycles. The van der Waals surface area contributed by atoms with Crippen LogP contribution in [0.15, 0.2) is 54.6 Å². The van der Waals surface area contributed by atoms with E-state index in [9.17, 15) is 22.8 Å². The van der Waals surface area contributed by atoms with Crippen molar-refractivity contribution in [1.29, 1.82) is 0 Å². The van der Waals surface area contributed by atoms with Gasteiger partial charge < -0.3 is 10.1 Å². The highest BCUT2D eigenvalue weighted by molar-refractivity contribution is 6.30. The molecular weight excluding hydrogens is 409 g/mol. The number of fused-ring (bicyclic) bond motifs is 1. The highest BCUT2D eigenvalue weighted by atomic mass is 35.5. The number of carbonyl (C=O) groups excluding carboxylic acids is 2. The summed E-state index contributed by atoms with van der Waals surface area (Å²) in [4.78, 5) is 28.5. The average molecular weight is 423 g/mol. The van der Waals surface area contributed by atoms with Crippen molar-refractivity contribution in [3.63, 3.8) is 0 Å². The molecule has 0 spiro atoms. The SMILES string of the molecule is O=C(COC(=O)c1cc(-c2ccc(Cl)cc2)nc2ccccc12)NCC(F)(F)F. The first-order chi connectivity index (χ1) is 13.7. The zero-order valence-electron chi connectivity index (χ0n) is 14.8. The van der Waals surface area contributed by atoms with Crippen LogP contribution in [0.5, 0.6) is 0 Å². The third kappa shape index (κ3) is 5.45. The molecule has 2 aromatic carbocycles. The summed E-state index contributed by atoms with van der Waals surface area (Å²) < 4.78 is 41.3. The molecule has 150 valence electrons. The minimum Gasteiger partial charge on any atom is -0.452 e. The number of benzene rings is 2. The number of para-hydroxylation sites is 1. The molecule has 0 atom stereocenters. The van der Waals surface area contributed by atoms with Crippen molar-refractivity contribution in [3.8, 4) is 11.3 Å². The third-order valence-corrected chi connectivity index (χ3v) is 4.15. The minimum absolute atomic E-state index is 0.143. The van der Waals surface area contributed by atoms with E-state index in [1.54, 1.807) is 53.8 Å². The first-order valence-corrected chi connectivity index (χ1v) is 8.77. The number of ether oxygens (including phenoxy) is 1. The van der Waals surface area contributed by atoms with Gasteiger partial charge in [-0.15, -0.1) is 0 Å². The predicted octanol–water partition coefficient (Wildman–Crippen LogP) is 4.39. The third-order valence-electron chi connectivity index (χ3n) is 3.90. The lowest BCUT2D eigenvalue weighted by Crippen LogP contribution is -2.36. The van der Waals surface area contributed by atoms with Crippen LogP contribution < -0.4 is 5.32 Å². The number of halogens is 4. The minimum atomic E-state index is -4.55. The van der Waals surface area contributed by atoms with Gasteiger partial charge in [0.25, 0.3) is 5.91 Å². The van der Waals surface area contributed by atoms with Gasteiger partial charge in [0.2, 0.25) is 0 Å². The largest absolute Gasteiger partial charge is 0.452 e. The number of aromatic nitrogens is 1. The maximum Gasteiger partial charge on any atom is 0.405 e. The molecular formula is C20H14ClF3N2O3. The topological polar surface area (TPSA) is 68.3 Å². The number of rotatable bonds is 5. The smallest absolute Gasteiger partial charge is 0.405 e.